The summed E-state index contributed by atoms with van der Waals surface area (Å²) in [4.78, 5) is 12.2. The van der Waals surface area contributed by atoms with Crippen LogP contribution in [0.15, 0.2) is 70.7 Å². The molecule has 0 aliphatic heterocycles. The van der Waals surface area contributed by atoms with Gasteiger partial charge >= 0.3 is 5.97 Å². The highest BCUT2D eigenvalue weighted by molar-refractivity contribution is 8.04. The first-order valence-electron chi connectivity index (χ1n) is 11.9. The molecule has 0 amide bonds. The molecule has 0 saturated carbocycles. The molecule has 1 heterocycles. The van der Waals surface area contributed by atoms with E-state index in [-0.39, 0.29) is 11.5 Å². The highest BCUT2D eigenvalue weighted by Gasteiger charge is 2.19. The summed E-state index contributed by atoms with van der Waals surface area (Å²) < 4.78 is 13.6. The van der Waals surface area contributed by atoms with Crippen LogP contribution in [0, 0.1) is 0 Å². The van der Waals surface area contributed by atoms with Crippen molar-refractivity contribution in [3.63, 3.8) is 0 Å². The Morgan fingerprint density at radius 1 is 0.949 bits per heavy atom. The van der Waals surface area contributed by atoms with Crippen molar-refractivity contribution in [2.75, 3.05) is 6.61 Å². The molecule has 0 aliphatic rings. The minimum Gasteiger partial charge on any atom is -0.490 e. The van der Waals surface area contributed by atoms with E-state index in [1.807, 2.05) is 30.5 Å². The molecule has 4 aromatic rings. The third-order valence-electron chi connectivity index (χ3n) is 5.51. The number of hydrogen-bond donors (Lipinski definition) is 1. The average molecular weight is 605 g/mol. The average Bonchev–Trinajstić information content (AvgIpc) is 3.31. The molecule has 7 nitrogen and oxygen atoms in total. The second kappa shape index (κ2) is 13.3. The van der Waals surface area contributed by atoms with Gasteiger partial charge in [-0.05, 0) is 85.8 Å². The van der Waals surface area contributed by atoms with Gasteiger partial charge in [0.15, 0.2) is 22.5 Å². The maximum absolute atomic E-state index is 12.2. The van der Waals surface area contributed by atoms with E-state index in [0.717, 1.165) is 22.9 Å². The number of hydrogen-bond acceptors (Lipinski definition) is 6. The van der Waals surface area contributed by atoms with E-state index in [0.29, 0.717) is 56.3 Å². The fourth-order valence-corrected chi connectivity index (χ4v) is 5.12. The van der Waals surface area contributed by atoms with Crippen LogP contribution in [-0.2, 0) is 17.9 Å². The van der Waals surface area contributed by atoms with Crippen molar-refractivity contribution in [2.24, 2.45) is 0 Å². The van der Waals surface area contributed by atoms with E-state index < -0.39 is 5.97 Å². The van der Waals surface area contributed by atoms with Gasteiger partial charge in [-0.25, -0.2) is 4.79 Å². The molecular formula is C28H24Cl3N3O4S. The van der Waals surface area contributed by atoms with Crippen molar-refractivity contribution in [2.45, 2.75) is 32.2 Å². The molecule has 1 N–H and O–H groups in total. The smallest absolute Gasteiger partial charge is 0.342 e. The zero-order chi connectivity index (χ0) is 27.9. The Balaban J connectivity index is 1.59. The third-order valence-corrected chi connectivity index (χ3v) is 7.35. The first kappa shape index (κ1) is 28.8. The zero-order valence-corrected chi connectivity index (χ0v) is 24.1. The van der Waals surface area contributed by atoms with Gasteiger partial charge in [-0.15, -0.1) is 10.2 Å². The van der Waals surface area contributed by atoms with Crippen LogP contribution in [0.5, 0.6) is 11.5 Å². The van der Waals surface area contributed by atoms with E-state index in [2.05, 4.69) is 10.2 Å². The summed E-state index contributed by atoms with van der Waals surface area (Å²) in [6.07, 6.45) is 1.56. The normalized spacial score (nSPS) is 11.5. The molecule has 0 bridgehead atoms. The predicted molar refractivity (Wildman–Crippen MR) is 156 cm³/mol. The fourth-order valence-electron chi connectivity index (χ4n) is 3.64. The molecule has 0 atom stereocenters. The van der Waals surface area contributed by atoms with Crippen LogP contribution < -0.4 is 9.47 Å². The molecule has 0 radical (unpaired) electrons. The van der Waals surface area contributed by atoms with Gasteiger partial charge in [0.2, 0.25) is 0 Å². The van der Waals surface area contributed by atoms with E-state index >= 15 is 0 Å². The maximum Gasteiger partial charge on any atom is 0.342 e. The van der Waals surface area contributed by atoms with Crippen LogP contribution in [0.1, 0.15) is 25.0 Å². The lowest BCUT2D eigenvalue weighted by molar-refractivity contribution is -0.131. The second-order valence-corrected chi connectivity index (χ2v) is 10.4. The summed E-state index contributed by atoms with van der Waals surface area (Å²) in [5.74, 6) is 0.521. The van der Waals surface area contributed by atoms with Gasteiger partial charge in [0.25, 0.3) is 0 Å². The highest BCUT2D eigenvalue weighted by atomic mass is 35.5. The van der Waals surface area contributed by atoms with Gasteiger partial charge in [-0.2, -0.15) is 0 Å². The van der Waals surface area contributed by atoms with Crippen molar-refractivity contribution in [3.8, 4) is 22.9 Å². The number of thioether (sulfide) groups is 1. The van der Waals surface area contributed by atoms with Crippen molar-refractivity contribution >= 4 is 58.6 Å². The Bertz CT molecular complexity index is 1510. The highest BCUT2D eigenvalue weighted by Crippen LogP contribution is 2.34. The number of nitrogens with zero attached hydrogens (tertiary/aromatic N) is 3. The molecule has 4 rings (SSSR count). The van der Waals surface area contributed by atoms with Crippen molar-refractivity contribution in [3.05, 3.63) is 91.8 Å². The Labute approximate surface area is 245 Å². The molecule has 0 saturated heterocycles. The van der Waals surface area contributed by atoms with E-state index in [9.17, 15) is 9.90 Å². The Kier molecular flexibility index (Phi) is 9.80. The number of aliphatic carboxylic acids is 1. The summed E-state index contributed by atoms with van der Waals surface area (Å²) in [6, 6.07) is 17.7. The summed E-state index contributed by atoms with van der Waals surface area (Å²) in [5.41, 5.74) is 2.23. The molecule has 11 heteroatoms. The van der Waals surface area contributed by atoms with E-state index in [1.165, 1.54) is 0 Å². The SMILES string of the molecule is CCOc1cc(/C=C(\Sc2nnc(-c3ccc(Cl)cc3)n2CC)C(=O)O)ccc1OCc1ccc(Cl)cc1Cl. The summed E-state index contributed by atoms with van der Waals surface area (Å²) in [6.45, 7) is 4.97. The molecule has 0 fully saturated rings. The summed E-state index contributed by atoms with van der Waals surface area (Å²) in [7, 11) is 0. The van der Waals surface area contributed by atoms with Crippen LogP contribution in [0.3, 0.4) is 0 Å². The van der Waals surface area contributed by atoms with Gasteiger partial charge in [-0.1, -0.05) is 46.9 Å². The monoisotopic (exact) mass is 603 g/mol. The van der Waals surface area contributed by atoms with Crippen molar-refractivity contribution in [1.29, 1.82) is 0 Å². The lowest BCUT2D eigenvalue weighted by atomic mass is 10.2. The maximum atomic E-state index is 12.2. The van der Waals surface area contributed by atoms with Gasteiger partial charge in [0.05, 0.1) is 6.61 Å². The molecule has 0 unspecified atom stereocenters. The van der Waals surface area contributed by atoms with Crippen LogP contribution in [0.4, 0.5) is 0 Å². The fraction of sp³-hybridized carbons (Fsp3) is 0.179. The summed E-state index contributed by atoms with van der Waals surface area (Å²) in [5, 5.41) is 20.6. The molecule has 0 aliphatic carbocycles. The lowest BCUT2D eigenvalue weighted by Crippen LogP contribution is -2.03. The first-order valence-corrected chi connectivity index (χ1v) is 13.9. The van der Waals surface area contributed by atoms with E-state index in [4.69, 9.17) is 44.3 Å². The zero-order valence-electron chi connectivity index (χ0n) is 21.0. The molecule has 3 aromatic carbocycles. The molecule has 0 spiro atoms. The minimum absolute atomic E-state index is 0.0730. The molecule has 202 valence electrons. The first-order chi connectivity index (χ1) is 18.8. The van der Waals surface area contributed by atoms with E-state index in [1.54, 1.807) is 54.6 Å². The molecule has 39 heavy (non-hydrogen) atoms. The van der Waals surface area contributed by atoms with Gasteiger partial charge in [0.1, 0.15) is 11.5 Å². The quantitative estimate of drug-likeness (QED) is 0.137. The number of benzene rings is 3. The van der Waals surface area contributed by atoms with Crippen molar-refractivity contribution in [1.82, 2.24) is 14.8 Å². The number of rotatable bonds is 11. The standard InChI is InChI=1S/C28H24Cl3N3O4S/c1-3-34-26(18-6-9-20(29)10-7-18)32-33-28(34)39-25(27(35)36)14-17-5-12-23(24(13-17)37-4-2)38-16-19-8-11-21(30)15-22(19)31/h5-15H,3-4,16H2,1-2H3,(H,35,36)/b25-14-. The topological polar surface area (TPSA) is 86.5 Å². The second-order valence-electron chi connectivity index (χ2n) is 8.14. The molecular weight excluding hydrogens is 581 g/mol. The van der Waals surface area contributed by atoms with Crippen LogP contribution >= 0.6 is 46.6 Å². The Hall–Kier alpha value is -3.17. The Morgan fingerprint density at radius 2 is 1.69 bits per heavy atom. The van der Waals surface area contributed by atoms with Gasteiger partial charge in [-0.3, -0.25) is 0 Å². The van der Waals surface area contributed by atoms with Crippen LogP contribution in [0.25, 0.3) is 17.5 Å². The number of halogens is 3. The van der Waals surface area contributed by atoms with Crippen LogP contribution in [-0.4, -0.2) is 32.4 Å². The van der Waals surface area contributed by atoms with Gasteiger partial charge in [0, 0.05) is 32.7 Å². The largest absolute Gasteiger partial charge is 0.490 e. The summed E-state index contributed by atoms with van der Waals surface area (Å²) >= 11 is 19.3. The van der Waals surface area contributed by atoms with Gasteiger partial charge < -0.3 is 19.1 Å². The third kappa shape index (κ3) is 7.28. The minimum atomic E-state index is -1.09. The van der Waals surface area contributed by atoms with Crippen molar-refractivity contribution < 1.29 is 19.4 Å². The number of ether oxygens (including phenoxy) is 2. The molecule has 1 aromatic heterocycles. The van der Waals surface area contributed by atoms with Crippen LogP contribution in [0.2, 0.25) is 15.1 Å². The number of carbonyl (C=O) groups is 1. The number of carboxylic acids is 1. The predicted octanol–water partition coefficient (Wildman–Crippen LogP) is 8.12. The number of aromatic nitrogens is 3. The Morgan fingerprint density at radius 3 is 2.36 bits per heavy atom. The number of carboxylic acid groups (broad SMARTS) is 1. The lowest BCUT2D eigenvalue weighted by Gasteiger charge is -2.14.